The molecule has 0 aliphatic carbocycles. The van der Waals surface area contributed by atoms with E-state index in [4.69, 9.17) is 0 Å². The van der Waals surface area contributed by atoms with Crippen LogP contribution in [-0.2, 0) is 30.7 Å². The van der Waals surface area contributed by atoms with Gasteiger partial charge in [-0.05, 0) is 13.3 Å². The second kappa shape index (κ2) is 7.14. The van der Waals surface area contributed by atoms with Crippen LogP contribution in [0, 0.1) is 0 Å². The van der Waals surface area contributed by atoms with E-state index in [1.165, 1.54) is 6.92 Å². The van der Waals surface area contributed by atoms with Gasteiger partial charge in [-0.1, -0.05) is 6.92 Å². The third-order valence-corrected chi connectivity index (χ3v) is 0.975. The minimum atomic E-state index is -0.0338. The molecule has 0 bridgehead atoms. The van der Waals surface area contributed by atoms with Crippen LogP contribution in [0.2, 0.25) is 0 Å². The van der Waals surface area contributed by atoms with Gasteiger partial charge in [-0.25, -0.2) is 0 Å². The molecule has 0 fully saturated rings. The summed E-state index contributed by atoms with van der Waals surface area (Å²) < 4.78 is 0. The Morgan fingerprint density at radius 2 is 1.80 bits per heavy atom. The number of rotatable bonds is 4. The summed E-state index contributed by atoms with van der Waals surface area (Å²) in [5.41, 5.74) is 0. The molecule has 0 aromatic carbocycles. The van der Waals surface area contributed by atoms with Crippen LogP contribution in [0.15, 0.2) is 0 Å². The van der Waals surface area contributed by atoms with Crippen molar-refractivity contribution in [2.75, 3.05) is 0 Å². The molecule has 0 amide bonds. The molecule has 3 heteroatoms. The molecule has 0 aliphatic rings. The van der Waals surface area contributed by atoms with Crippen LogP contribution in [0.5, 0.6) is 0 Å². The van der Waals surface area contributed by atoms with Crippen molar-refractivity contribution in [1.29, 1.82) is 0 Å². The Balaban J connectivity index is 0. The van der Waals surface area contributed by atoms with Gasteiger partial charge in [0.1, 0.15) is 11.6 Å². The number of carbonyl (C=O) groups excluding carboxylic acids is 2. The Labute approximate surface area is 75.6 Å². The van der Waals surface area contributed by atoms with Gasteiger partial charge in [0.05, 0.1) is 6.42 Å². The minimum absolute atomic E-state index is 0. The summed E-state index contributed by atoms with van der Waals surface area (Å²) in [5, 5.41) is 0. The third kappa shape index (κ3) is 8.03. The molecule has 0 spiro atoms. The Morgan fingerprint density at radius 3 is 2.10 bits per heavy atom. The second-order valence-electron chi connectivity index (χ2n) is 2.17. The van der Waals surface area contributed by atoms with Crippen LogP contribution in [0.3, 0.4) is 0 Å². The van der Waals surface area contributed by atoms with E-state index in [0.29, 0.717) is 6.42 Å². The number of carbonyl (C=O) groups is 2. The van der Waals surface area contributed by atoms with Crippen molar-refractivity contribution in [3.05, 3.63) is 0 Å². The Kier molecular flexibility index (Phi) is 9.05. The van der Waals surface area contributed by atoms with Gasteiger partial charge in [-0.3, -0.25) is 9.59 Å². The fraction of sp³-hybridized carbons (Fsp3) is 0.714. The number of Topliss-reactive ketones (excluding diaryl/α,β-unsaturated/α-hetero) is 2. The predicted molar refractivity (Wildman–Crippen MR) is 35.2 cm³/mol. The van der Waals surface area contributed by atoms with E-state index in [-0.39, 0.29) is 39.1 Å². The molecule has 0 N–H and O–H groups in total. The Bertz CT molecular complexity index is 121. The number of hydrogen-bond donors (Lipinski definition) is 0. The van der Waals surface area contributed by atoms with Gasteiger partial charge >= 0.3 is 0 Å². The van der Waals surface area contributed by atoms with Crippen molar-refractivity contribution in [2.24, 2.45) is 0 Å². The zero-order valence-electron chi connectivity index (χ0n) is 6.25. The van der Waals surface area contributed by atoms with E-state index >= 15 is 0 Å². The summed E-state index contributed by atoms with van der Waals surface area (Å²) in [7, 11) is 0. The van der Waals surface area contributed by atoms with Crippen LogP contribution in [0.1, 0.15) is 33.1 Å². The van der Waals surface area contributed by atoms with Crippen LogP contribution in [0.4, 0.5) is 0 Å². The zero-order valence-corrected chi connectivity index (χ0v) is 8.53. The predicted octanol–water partition coefficient (Wildman–Crippen LogP) is 1.33. The van der Waals surface area contributed by atoms with Crippen LogP contribution >= 0.6 is 0 Å². The van der Waals surface area contributed by atoms with Crippen LogP contribution in [0.25, 0.3) is 0 Å². The molecular formula is C7H12O2Pt. The first-order chi connectivity index (χ1) is 4.16. The molecule has 0 unspecified atom stereocenters. The van der Waals surface area contributed by atoms with E-state index in [2.05, 4.69) is 0 Å². The average molecular weight is 323 g/mol. The SMILES string of the molecule is CCCC(=O)CC(C)=O.[Pt]. The molecule has 0 aromatic rings. The van der Waals surface area contributed by atoms with Gasteiger partial charge < -0.3 is 0 Å². The first kappa shape index (κ1) is 12.7. The van der Waals surface area contributed by atoms with Crippen molar-refractivity contribution in [3.63, 3.8) is 0 Å². The molecule has 10 heavy (non-hydrogen) atoms. The van der Waals surface area contributed by atoms with Crippen molar-refractivity contribution < 1.29 is 30.7 Å². The Morgan fingerprint density at radius 1 is 1.30 bits per heavy atom. The smallest absolute Gasteiger partial charge is 0.140 e. The quantitative estimate of drug-likeness (QED) is 0.732. The largest absolute Gasteiger partial charge is 0.300 e. The maximum absolute atomic E-state index is 10.6. The van der Waals surface area contributed by atoms with Crippen LogP contribution in [-0.4, -0.2) is 11.6 Å². The van der Waals surface area contributed by atoms with E-state index in [1.807, 2.05) is 6.92 Å². The summed E-state index contributed by atoms with van der Waals surface area (Å²) in [6.07, 6.45) is 1.50. The fourth-order valence-electron chi connectivity index (χ4n) is 0.645. The maximum atomic E-state index is 10.6. The summed E-state index contributed by atoms with van der Waals surface area (Å²) in [6, 6.07) is 0. The number of hydrogen-bond acceptors (Lipinski definition) is 2. The second-order valence-corrected chi connectivity index (χ2v) is 2.17. The molecule has 0 aliphatic heterocycles. The topological polar surface area (TPSA) is 34.1 Å². The van der Waals surface area contributed by atoms with E-state index in [1.54, 1.807) is 0 Å². The molecule has 0 radical (unpaired) electrons. The van der Waals surface area contributed by atoms with Gasteiger partial charge in [-0.2, -0.15) is 0 Å². The molecule has 62 valence electrons. The third-order valence-electron chi connectivity index (χ3n) is 0.975. The molecule has 0 saturated heterocycles. The first-order valence-corrected chi connectivity index (χ1v) is 3.18. The molecule has 2 nitrogen and oxygen atoms in total. The van der Waals surface area contributed by atoms with Gasteiger partial charge in [0.15, 0.2) is 0 Å². The molecule has 0 aromatic heterocycles. The van der Waals surface area contributed by atoms with Crippen molar-refractivity contribution in [2.45, 2.75) is 33.1 Å². The van der Waals surface area contributed by atoms with Crippen LogP contribution < -0.4 is 0 Å². The summed E-state index contributed by atoms with van der Waals surface area (Å²) in [6.45, 7) is 3.37. The molecule has 0 saturated carbocycles. The van der Waals surface area contributed by atoms with Crippen molar-refractivity contribution >= 4 is 11.6 Å². The van der Waals surface area contributed by atoms with E-state index < -0.39 is 0 Å². The van der Waals surface area contributed by atoms with Crippen molar-refractivity contribution in [3.8, 4) is 0 Å². The zero-order chi connectivity index (χ0) is 7.28. The van der Waals surface area contributed by atoms with Gasteiger partial charge in [0.2, 0.25) is 0 Å². The molecule has 0 rings (SSSR count). The fourth-order valence-corrected chi connectivity index (χ4v) is 0.645. The monoisotopic (exact) mass is 323 g/mol. The van der Waals surface area contributed by atoms with Gasteiger partial charge in [0.25, 0.3) is 0 Å². The molecule has 0 heterocycles. The summed E-state index contributed by atoms with van der Waals surface area (Å²) >= 11 is 0. The standard InChI is InChI=1S/C7H12O2.Pt/c1-3-4-7(9)5-6(2)8;/h3-5H2,1-2H3;. The Hall–Kier alpha value is 0.0283. The maximum Gasteiger partial charge on any atom is 0.140 e. The van der Waals surface area contributed by atoms with E-state index in [9.17, 15) is 9.59 Å². The van der Waals surface area contributed by atoms with Crippen molar-refractivity contribution in [1.82, 2.24) is 0 Å². The summed E-state index contributed by atoms with van der Waals surface area (Å²) in [4.78, 5) is 20.9. The summed E-state index contributed by atoms with van der Waals surface area (Å²) in [5.74, 6) is 0.0263. The number of ketones is 2. The molecular weight excluding hydrogens is 311 g/mol. The molecule has 0 atom stereocenters. The van der Waals surface area contributed by atoms with Gasteiger partial charge in [-0.15, -0.1) is 0 Å². The minimum Gasteiger partial charge on any atom is -0.300 e. The van der Waals surface area contributed by atoms with Gasteiger partial charge in [0, 0.05) is 27.5 Å². The first-order valence-electron chi connectivity index (χ1n) is 3.18. The average Bonchev–Trinajstić information content (AvgIpc) is 1.63. The normalized spacial score (nSPS) is 8.20. The van der Waals surface area contributed by atoms with E-state index in [0.717, 1.165) is 6.42 Å².